The predicted molar refractivity (Wildman–Crippen MR) is 57.0 cm³/mol. The number of halogens is 2. The Bertz CT molecular complexity index is 189. The molecule has 0 atom stereocenters. The van der Waals surface area contributed by atoms with Crippen molar-refractivity contribution in [3.63, 3.8) is 0 Å². The van der Waals surface area contributed by atoms with Crippen molar-refractivity contribution in [3.05, 3.63) is 80.2 Å². The Balaban J connectivity index is -0.0000000720. The molecule has 0 N–H and O–H groups in total. The fourth-order valence-electron chi connectivity index (χ4n) is 0.684. The Morgan fingerprint density at radius 2 is 0.750 bits per heavy atom. The first kappa shape index (κ1) is 24.8. The molecule has 0 radical (unpaired) electrons. The second-order valence-corrected chi connectivity index (χ2v) is 2.15. The van der Waals surface area contributed by atoms with Gasteiger partial charge in [0.2, 0.25) is 0 Å². The summed E-state index contributed by atoms with van der Waals surface area (Å²) in [7, 11) is 0. The van der Waals surface area contributed by atoms with Crippen molar-refractivity contribution in [1.82, 2.24) is 0 Å². The summed E-state index contributed by atoms with van der Waals surface area (Å²) in [4.78, 5) is 0. The first-order chi connectivity index (χ1) is 6.00. The summed E-state index contributed by atoms with van der Waals surface area (Å²) in [5.74, 6) is 0. The molecule has 0 saturated carbocycles. The van der Waals surface area contributed by atoms with Gasteiger partial charge in [0, 0.05) is 0 Å². The molecule has 0 amide bonds. The van der Waals surface area contributed by atoms with Crippen LogP contribution >= 0.6 is 0 Å². The summed E-state index contributed by atoms with van der Waals surface area (Å²) < 4.78 is 0. The molecule has 2 aromatic rings. The molecule has 2 rings (SSSR count). The SMILES string of the molecule is [CH3-].[Cl-].[Cl-].[Ti+2].[c-]1ccccc1.[c-]1ccccc1. The van der Waals surface area contributed by atoms with E-state index in [1.165, 1.54) is 0 Å². The summed E-state index contributed by atoms with van der Waals surface area (Å²) in [6, 6.07) is 25.0. The third kappa shape index (κ3) is 16.2. The predicted octanol–water partition coefficient (Wildman–Crippen LogP) is -2.57. The molecule has 0 aliphatic carbocycles. The van der Waals surface area contributed by atoms with Gasteiger partial charge in [0.05, 0.1) is 0 Å². The summed E-state index contributed by atoms with van der Waals surface area (Å²) in [6.45, 7) is 0. The molecule has 3 heteroatoms. The molecule has 0 heterocycles. The smallest absolute Gasteiger partial charge is 1.00 e. The van der Waals surface area contributed by atoms with Gasteiger partial charge in [-0.2, -0.15) is 72.8 Å². The Morgan fingerprint density at radius 3 is 0.812 bits per heavy atom. The Kier molecular flexibility index (Phi) is 31.3. The van der Waals surface area contributed by atoms with Gasteiger partial charge in [-0.1, -0.05) is 0 Å². The van der Waals surface area contributed by atoms with E-state index < -0.39 is 0 Å². The van der Waals surface area contributed by atoms with E-state index in [-0.39, 0.29) is 54.0 Å². The third-order valence-electron chi connectivity index (χ3n) is 1.21. The summed E-state index contributed by atoms with van der Waals surface area (Å²) >= 11 is 0. The zero-order valence-corrected chi connectivity index (χ0v) is 12.1. The Morgan fingerprint density at radius 1 is 0.500 bits per heavy atom. The average Bonchev–Trinajstić information content (AvgIpc) is 2.24. The van der Waals surface area contributed by atoms with Crippen molar-refractivity contribution >= 4 is 0 Å². The van der Waals surface area contributed by atoms with E-state index in [9.17, 15) is 0 Å². The maximum Gasteiger partial charge on any atom is 2.00 e. The number of hydrogen-bond donors (Lipinski definition) is 0. The van der Waals surface area contributed by atoms with E-state index in [0.29, 0.717) is 0 Å². The second kappa shape index (κ2) is 20.2. The van der Waals surface area contributed by atoms with E-state index in [2.05, 4.69) is 12.1 Å². The standard InChI is InChI=1S/2C6H5.CH3.2ClH.Ti/c2*1-2-4-6-5-3-1;;;;/h2*1-5H;1H3;2*1H;/q3*-1;;;+2/p-2. The second-order valence-electron chi connectivity index (χ2n) is 2.15. The molecular formula is C13H13Cl2Ti-3. The van der Waals surface area contributed by atoms with E-state index >= 15 is 0 Å². The van der Waals surface area contributed by atoms with E-state index in [1.54, 1.807) is 0 Å². The van der Waals surface area contributed by atoms with Gasteiger partial charge in [-0.25, -0.2) is 0 Å². The molecule has 0 fully saturated rings. The van der Waals surface area contributed by atoms with Gasteiger partial charge in [-0.3, -0.25) is 0 Å². The average molecular weight is 288 g/mol. The van der Waals surface area contributed by atoms with Crippen LogP contribution in [0.5, 0.6) is 0 Å². The molecule has 0 unspecified atom stereocenters. The van der Waals surface area contributed by atoms with Crippen LogP contribution in [0, 0.1) is 19.6 Å². The normalized spacial score (nSPS) is 6.00. The monoisotopic (exact) mass is 287 g/mol. The summed E-state index contributed by atoms with van der Waals surface area (Å²) in [5.41, 5.74) is 0. The quantitative estimate of drug-likeness (QED) is 0.369. The minimum absolute atomic E-state index is 0. The van der Waals surface area contributed by atoms with Gasteiger partial charge >= 0.3 is 21.7 Å². The fourth-order valence-corrected chi connectivity index (χ4v) is 0.684. The molecule has 16 heavy (non-hydrogen) atoms. The first-order valence-corrected chi connectivity index (χ1v) is 3.82. The van der Waals surface area contributed by atoms with Crippen LogP contribution < -0.4 is 24.8 Å². The van der Waals surface area contributed by atoms with Crippen LogP contribution in [0.25, 0.3) is 0 Å². The summed E-state index contributed by atoms with van der Waals surface area (Å²) in [5, 5.41) is 0. The largest absolute Gasteiger partial charge is 2.00 e. The Labute approximate surface area is 126 Å². The zero-order valence-electron chi connectivity index (χ0n) is 9.03. The van der Waals surface area contributed by atoms with E-state index in [4.69, 9.17) is 0 Å². The van der Waals surface area contributed by atoms with Crippen LogP contribution in [0.3, 0.4) is 0 Å². The van der Waals surface area contributed by atoms with Gasteiger partial charge in [-0.15, -0.1) is 0 Å². The molecule has 86 valence electrons. The van der Waals surface area contributed by atoms with Crippen LogP contribution in [-0.4, -0.2) is 0 Å². The topological polar surface area (TPSA) is 0 Å². The minimum Gasteiger partial charge on any atom is -1.00 e. The van der Waals surface area contributed by atoms with Crippen molar-refractivity contribution in [1.29, 1.82) is 0 Å². The first-order valence-electron chi connectivity index (χ1n) is 3.82. The molecule has 0 aliphatic heterocycles. The van der Waals surface area contributed by atoms with Crippen molar-refractivity contribution in [2.24, 2.45) is 0 Å². The van der Waals surface area contributed by atoms with Crippen LogP contribution in [-0.2, 0) is 21.7 Å². The molecule has 0 bridgehead atoms. The zero-order chi connectivity index (χ0) is 8.49. The van der Waals surface area contributed by atoms with Crippen molar-refractivity contribution in [3.8, 4) is 0 Å². The van der Waals surface area contributed by atoms with Gasteiger partial charge in [0.1, 0.15) is 0 Å². The van der Waals surface area contributed by atoms with E-state index in [1.807, 2.05) is 60.7 Å². The van der Waals surface area contributed by atoms with Gasteiger partial charge in [0.15, 0.2) is 0 Å². The fraction of sp³-hybridized carbons (Fsp3) is 0. The molecule has 0 aromatic heterocycles. The van der Waals surface area contributed by atoms with Crippen molar-refractivity contribution < 1.29 is 46.5 Å². The van der Waals surface area contributed by atoms with Crippen LogP contribution in [0.1, 0.15) is 0 Å². The van der Waals surface area contributed by atoms with Crippen LogP contribution in [0.15, 0.2) is 60.7 Å². The molecule has 2 aromatic carbocycles. The van der Waals surface area contributed by atoms with Crippen molar-refractivity contribution in [2.45, 2.75) is 0 Å². The van der Waals surface area contributed by atoms with E-state index in [0.717, 1.165) is 0 Å². The third-order valence-corrected chi connectivity index (χ3v) is 1.21. The van der Waals surface area contributed by atoms with Crippen LogP contribution in [0.2, 0.25) is 0 Å². The van der Waals surface area contributed by atoms with Gasteiger partial charge < -0.3 is 32.2 Å². The van der Waals surface area contributed by atoms with Gasteiger partial charge in [-0.05, 0) is 0 Å². The molecule has 0 saturated heterocycles. The number of benzene rings is 2. The number of hydrogen-bond acceptors (Lipinski definition) is 0. The number of rotatable bonds is 0. The molecular weight excluding hydrogens is 275 g/mol. The van der Waals surface area contributed by atoms with Gasteiger partial charge in [0.25, 0.3) is 0 Å². The summed E-state index contributed by atoms with van der Waals surface area (Å²) in [6.07, 6.45) is 0. The van der Waals surface area contributed by atoms with Crippen LogP contribution in [0.4, 0.5) is 0 Å². The minimum atomic E-state index is 0. The Hall–Kier alpha value is -0.266. The molecule has 0 aliphatic rings. The maximum atomic E-state index is 2.89. The van der Waals surface area contributed by atoms with Crippen molar-refractivity contribution in [2.75, 3.05) is 0 Å². The maximum absolute atomic E-state index is 2.89. The molecule has 0 spiro atoms. The molecule has 0 nitrogen and oxygen atoms in total.